The molecule has 22 heavy (non-hydrogen) atoms. The van der Waals surface area contributed by atoms with Gasteiger partial charge in [0, 0.05) is 25.6 Å². The van der Waals surface area contributed by atoms with Gasteiger partial charge in [-0.15, -0.1) is 0 Å². The lowest BCUT2D eigenvalue weighted by Crippen LogP contribution is -2.46. The van der Waals surface area contributed by atoms with Crippen molar-refractivity contribution in [1.29, 1.82) is 0 Å². The zero-order valence-electron chi connectivity index (χ0n) is 12.7. The average molecular weight is 305 g/mol. The van der Waals surface area contributed by atoms with Gasteiger partial charge in [0.2, 0.25) is 5.91 Å². The normalized spacial score (nSPS) is 15.4. The molecule has 0 aromatic heterocycles. The van der Waals surface area contributed by atoms with Crippen LogP contribution in [0.5, 0.6) is 5.75 Å². The van der Waals surface area contributed by atoms with Crippen molar-refractivity contribution in [2.24, 2.45) is 11.7 Å². The van der Waals surface area contributed by atoms with Crippen LogP contribution in [0.25, 0.3) is 0 Å². The van der Waals surface area contributed by atoms with E-state index in [-0.39, 0.29) is 17.9 Å². The van der Waals surface area contributed by atoms with Gasteiger partial charge in [0.1, 0.15) is 5.75 Å². The number of rotatable bonds is 6. The largest absolute Gasteiger partial charge is 0.494 e. The molecule has 0 spiro atoms. The van der Waals surface area contributed by atoms with Crippen molar-refractivity contribution in [1.82, 2.24) is 10.2 Å². The number of carbonyl (C=O) groups excluding carboxylic acids is 2. The minimum atomic E-state index is -0.266. The van der Waals surface area contributed by atoms with Crippen molar-refractivity contribution in [3.8, 4) is 5.75 Å². The van der Waals surface area contributed by atoms with Crippen molar-refractivity contribution < 1.29 is 14.3 Å². The molecule has 0 unspecified atom stereocenters. The highest BCUT2D eigenvalue weighted by Crippen LogP contribution is 2.16. The number of para-hydroxylation sites is 1. The number of ether oxygens (including phenoxy) is 1. The van der Waals surface area contributed by atoms with Gasteiger partial charge >= 0.3 is 6.03 Å². The Hall–Kier alpha value is -2.24. The molecule has 6 heteroatoms. The number of nitrogens with zero attached hydrogens (tertiary/aromatic N) is 1. The van der Waals surface area contributed by atoms with Gasteiger partial charge in [0.15, 0.2) is 0 Å². The van der Waals surface area contributed by atoms with Crippen LogP contribution in [0.2, 0.25) is 0 Å². The first kappa shape index (κ1) is 16.1. The Bertz CT molecular complexity index is 485. The number of urea groups is 1. The summed E-state index contributed by atoms with van der Waals surface area (Å²) in [4.78, 5) is 24.8. The average Bonchev–Trinajstić information content (AvgIpc) is 2.55. The van der Waals surface area contributed by atoms with Crippen molar-refractivity contribution in [2.45, 2.75) is 19.3 Å². The molecular weight excluding hydrogens is 282 g/mol. The standard InChI is InChI=1S/C16H23N3O3/c17-15(20)13-7-10-19(11-8-13)16(21)18-9-4-12-22-14-5-2-1-3-6-14/h1-3,5-6,13H,4,7-12H2,(H2,17,20)(H,18,21). The monoisotopic (exact) mass is 305 g/mol. The Morgan fingerprint density at radius 2 is 1.91 bits per heavy atom. The number of nitrogens with two attached hydrogens (primary N) is 1. The molecule has 3 N–H and O–H groups in total. The van der Waals surface area contributed by atoms with Crippen molar-refractivity contribution in [3.05, 3.63) is 30.3 Å². The maximum Gasteiger partial charge on any atom is 0.317 e. The van der Waals surface area contributed by atoms with E-state index >= 15 is 0 Å². The fourth-order valence-electron chi connectivity index (χ4n) is 2.45. The number of carbonyl (C=O) groups is 2. The van der Waals surface area contributed by atoms with E-state index in [4.69, 9.17) is 10.5 Å². The van der Waals surface area contributed by atoms with Crippen LogP contribution in [0.1, 0.15) is 19.3 Å². The van der Waals surface area contributed by atoms with Gasteiger partial charge in [-0.3, -0.25) is 4.79 Å². The summed E-state index contributed by atoms with van der Waals surface area (Å²) in [5.41, 5.74) is 5.28. The van der Waals surface area contributed by atoms with Crippen LogP contribution < -0.4 is 15.8 Å². The van der Waals surface area contributed by atoms with E-state index in [1.807, 2.05) is 30.3 Å². The van der Waals surface area contributed by atoms with Crippen LogP contribution in [-0.4, -0.2) is 43.1 Å². The lowest BCUT2D eigenvalue weighted by atomic mass is 9.96. The molecule has 0 aliphatic carbocycles. The molecule has 0 radical (unpaired) electrons. The Morgan fingerprint density at radius 3 is 2.55 bits per heavy atom. The van der Waals surface area contributed by atoms with Crippen LogP contribution in [0.15, 0.2) is 30.3 Å². The second kappa shape index (κ2) is 8.26. The third-order valence-corrected chi connectivity index (χ3v) is 3.79. The number of nitrogens with one attached hydrogen (secondary N) is 1. The Morgan fingerprint density at radius 1 is 1.23 bits per heavy atom. The number of amides is 3. The zero-order chi connectivity index (χ0) is 15.8. The summed E-state index contributed by atoms with van der Waals surface area (Å²) in [5, 5.41) is 2.87. The maximum atomic E-state index is 12.0. The summed E-state index contributed by atoms with van der Waals surface area (Å²) < 4.78 is 5.56. The predicted molar refractivity (Wildman–Crippen MR) is 83.4 cm³/mol. The second-order valence-electron chi connectivity index (χ2n) is 5.41. The third kappa shape index (κ3) is 4.95. The molecule has 6 nitrogen and oxygen atoms in total. The van der Waals surface area contributed by atoms with Crippen molar-refractivity contribution in [3.63, 3.8) is 0 Å². The van der Waals surface area contributed by atoms with Gasteiger partial charge in [0.25, 0.3) is 0 Å². The third-order valence-electron chi connectivity index (χ3n) is 3.79. The molecular formula is C16H23N3O3. The van der Waals surface area contributed by atoms with Gasteiger partial charge in [-0.05, 0) is 31.4 Å². The summed E-state index contributed by atoms with van der Waals surface area (Å²) in [6.45, 7) is 2.30. The fraction of sp³-hybridized carbons (Fsp3) is 0.500. The SMILES string of the molecule is NC(=O)C1CCN(C(=O)NCCCOc2ccccc2)CC1. The first-order chi connectivity index (χ1) is 10.7. The molecule has 1 heterocycles. The minimum Gasteiger partial charge on any atom is -0.494 e. The first-order valence-electron chi connectivity index (χ1n) is 7.67. The Labute approximate surface area is 130 Å². The van der Waals surface area contributed by atoms with Crippen LogP contribution in [0.4, 0.5) is 4.79 Å². The van der Waals surface area contributed by atoms with Gasteiger partial charge in [-0.2, -0.15) is 0 Å². The smallest absolute Gasteiger partial charge is 0.317 e. The van der Waals surface area contributed by atoms with E-state index in [1.54, 1.807) is 4.90 Å². The Balaban J connectivity index is 1.57. The van der Waals surface area contributed by atoms with Crippen LogP contribution in [-0.2, 0) is 4.79 Å². The van der Waals surface area contributed by atoms with E-state index in [0.29, 0.717) is 39.1 Å². The lowest BCUT2D eigenvalue weighted by molar-refractivity contribution is -0.123. The number of hydrogen-bond donors (Lipinski definition) is 2. The molecule has 0 atom stereocenters. The molecule has 2 rings (SSSR count). The molecule has 120 valence electrons. The lowest BCUT2D eigenvalue weighted by Gasteiger charge is -2.30. The fourth-order valence-corrected chi connectivity index (χ4v) is 2.45. The number of likely N-dealkylation sites (tertiary alicyclic amines) is 1. The van der Waals surface area contributed by atoms with Gasteiger partial charge in [0.05, 0.1) is 6.61 Å². The summed E-state index contributed by atoms with van der Waals surface area (Å²) in [7, 11) is 0. The first-order valence-corrected chi connectivity index (χ1v) is 7.67. The topological polar surface area (TPSA) is 84.7 Å². The van der Waals surface area contributed by atoms with E-state index in [0.717, 1.165) is 12.2 Å². The van der Waals surface area contributed by atoms with Gasteiger partial charge in [-0.25, -0.2) is 4.79 Å². The number of primary amides is 1. The molecule has 1 aliphatic heterocycles. The number of hydrogen-bond acceptors (Lipinski definition) is 3. The van der Waals surface area contributed by atoms with Crippen LogP contribution in [0.3, 0.4) is 0 Å². The molecule has 0 saturated carbocycles. The molecule has 3 amide bonds. The molecule has 0 bridgehead atoms. The van der Waals surface area contributed by atoms with E-state index in [9.17, 15) is 9.59 Å². The molecule has 1 aromatic rings. The van der Waals surface area contributed by atoms with E-state index in [2.05, 4.69) is 5.32 Å². The maximum absolute atomic E-state index is 12.0. The van der Waals surface area contributed by atoms with Gasteiger partial charge in [-0.1, -0.05) is 18.2 Å². The van der Waals surface area contributed by atoms with Crippen LogP contribution in [0, 0.1) is 5.92 Å². The summed E-state index contributed by atoms with van der Waals surface area (Å²) in [6.07, 6.45) is 2.05. The number of benzene rings is 1. The highest BCUT2D eigenvalue weighted by molar-refractivity contribution is 5.78. The molecule has 1 aromatic carbocycles. The predicted octanol–water partition coefficient (Wildman–Crippen LogP) is 1.36. The highest BCUT2D eigenvalue weighted by atomic mass is 16.5. The summed E-state index contributed by atoms with van der Waals surface area (Å²) >= 11 is 0. The molecule has 1 fully saturated rings. The second-order valence-corrected chi connectivity index (χ2v) is 5.41. The van der Waals surface area contributed by atoms with Crippen molar-refractivity contribution in [2.75, 3.05) is 26.2 Å². The molecule has 1 saturated heterocycles. The van der Waals surface area contributed by atoms with Crippen LogP contribution >= 0.6 is 0 Å². The quantitative estimate of drug-likeness (QED) is 0.778. The van der Waals surface area contributed by atoms with E-state index in [1.165, 1.54) is 0 Å². The van der Waals surface area contributed by atoms with Gasteiger partial charge < -0.3 is 20.7 Å². The summed E-state index contributed by atoms with van der Waals surface area (Å²) in [5.74, 6) is 0.476. The summed E-state index contributed by atoms with van der Waals surface area (Å²) in [6, 6.07) is 9.51. The van der Waals surface area contributed by atoms with E-state index < -0.39 is 0 Å². The molecule has 1 aliphatic rings. The Kier molecular flexibility index (Phi) is 6.06. The minimum absolute atomic E-state index is 0.0809. The van der Waals surface area contributed by atoms with Crippen molar-refractivity contribution >= 4 is 11.9 Å². The number of piperidine rings is 1. The highest BCUT2D eigenvalue weighted by Gasteiger charge is 2.25. The zero-order valence-corrected chi connectivity index (χ0v) is 12.7.